The van der Waals surface area contributed by atoms with Gasteiger partial charge in [0.15, 0.2) is 5.96 Å². The van der Waals surface area contributed by atoms with Crippen LogP contribution in [0.2, 0.25) is 0 Å². The average Bonchev–Trinajstić information content (AvgIpc) is 1.69. The predicted molar refractivity (Wildman–Crippen MR) is 54.8 cm³/mol. The van der Waals surface area contributed by atoms with E-state index in [0.717, 1.165) is 0 Å². The van der Waals surface area contributed by atoms with Gasteiger partial charge in [-0.3, -0.25) is 5.41 Å². The zero-order chi connectivity index (χ0) is 6.99. The Balaban J connectivity index is 0. The third kappa shape index (κ3) is 25.4. The second kappa shape index (κ2) is 11.4. The molecule has 2 radical (unpaired) electrons. The van der Waals surface area contributed by atoms with E-state index in [9.17, 15) is 0 Å². The number of nitrogens with one attached hydrogen (secondary N) is 2. The molecule has 0 saturated heterocycles. The summed E-state index contributed by atoms with van der Waals surface area (Å²) >= 11 is 4.96. The number of rotatable bonds is 0. The topological polar surface area (TPSA) is 61.9 Å². The van der Waals surface area contributed by atoms with Crippen molar-refractivity contribution in [3.63, 3.8) is 0 Å². The van der Waals surface area contributed by atoms with Gasteiger partial charge in [-0.15, -0.1) is 0 Å². The molecule has 0 aliphatic heterocycles. The van der Waals surface area contributed by atoms with Crippen molar-refractivity contribution in [1.29, 1.82) is 5.41 Å². The van der Waals surface area contributed by atoms with Crippen LogP contribution in [0.1, 0.15) is 0 Å². The van der Waals surface area contributed by atoms with Crippen LogP contribution in [0.4, 0.5) is 0 Å². The van der Waals surface area contributed by atoms with Gasteiger partial charge in [-0.1, -0.05) is 0 Å². The third-order valence-corrected chi connectivity index (χ3v) is 0.269. The fourth-order valence-electron chi connectivity index (χ4n) is 0. The van der Waals surface area contributed by atoms with Gasteiger partial charge in [0.1, 0.15) is 0 Å². The van der Waals surface area contributed by atoms with Gasteiger partial charge in [0.2, 0.25) is 0 Å². The number of halogens is 2. The van der Waals surface area contributed by atoms with Gasteiger partial charge in [-0.25, -0.2) is 0 Å². The summed E-state index contributed by atoms with van der Waals surface area (Å²) in [6.45, 7) is 0. The van der Waals surface area contributed by atoms with Crippen molar-refractivity contribution < 1.29 is 0 Å². The molecule has 0 atom stereocenters. The van der Waals surface area contributed by atoms with Crippen molar-refractivity contribution >= 4 is 57.1 Å². The first kappa shape index (κ1) is 12.3. The van der Waals surface area contributed by atoms with Crippen molar-refractivity contribution in [1.82, 2.24) is 5.32 Å². The molecule has 0 unspecified atom stereocenters. The SMILES string of the molecule is CNC(=N)N.[I][Pb][I]. The van der Waals surface area contributed by atoms with E-state index < -0.39 is 0 Å². The standard InChI is InChI=1S/C2H7N3.2HI.Pb/c1-5-2(3)4;;;/h1H3,(H4,3,4,5);2*1H;/q;;;+2/p-2. The molecular formula is C2H7I2N3Pb. The molecular weight excluding hydrogens is 527 g/mol. The predicted octanol–water partition coefficient (Wildman–Crippen LogP) is 0.490. The van der Waals surface area contributed by atoms with Crippen molar-refractivity contribution in [3.8, 4) is 0 Å². The van der Waals surface area contributed by atoms with E-state index in [-0.39, 0.29) is 21.6 Å². The Morgan fingerprint density at radius 2 is 1.88 bits per heavy atom. The molecule has 0 aliphatic carbocycles. The van der Waals surface area contributed by atoms with Crippen LogP contribution >= 0.6 is 35.5 Å². The summed E-state index contributed by atoms with van der Waals surface area (Å²) in [5, 5.41) is 8.80. The van der Waals surface area contributed by atoms with Crippen molar-refractivity contribution in [2.45, 2.75) is 0 Å². The van der Waals surface area contributed by atoms with Crippen LogP contribution in [-0.2, 0) is 0 Å². The molecule has 0 heterocycles. The molecule has 0 saturated carbocycles. The number of hydrogen-bond acceptors (Lipinski definition) is 1. The second-order valence-electron chi connectivity index (χ2n) is 0.735. The Hall–Kier alpha value is 1.65. The molecule has 48 valence electrons. The quantitative estimate of drug-likeness (QED) is 0.184. The first-order chi connectivity index (χ1) is 3.68. The van der Waals surface area contributed by atoms with Gasteiger partial charge in [0, 0.05) is 7.05 Å². The Bertz CT molecular complexity index is 59.2. The molecule has 0 aromatic carbocycles. The van der Waals surface area contributed by atoms with E-state index in [4.69, 9.17) is 11.1 Å². The Labute approximate surface area is 79.2 Å². The fourth-order valence-corrected chi connectivity index (χ4v) is 0. The Kier molecular flexibility index (Phi) is 17.7. The molecule has 0 bridgehead atoms. The molecule has 6 heteroatoms. The normalized spacial score (nSPS) is 6.38. The molecule has 0 aliphatic rings. The molecule has 0 rings (SSSR count). The van der Waals surface area contributed by atoms with Gasteiger partial charge in [0.25, 0.3) is 0 Å². The van der Waals surface area contributed by atoms with Crippen LogP contribution in [-0.4, -0.2) is 28.7 Å². The van der Waals surface area contributed by atoms with Gasteiger partial charge >= 0.3 is 51.2 Å². The van der Waals surface area contributed by atoms with Crippen LogP contribution in [0.25, 0.3) is 0 Å². The van der Waals surface area contributed by atoms with E-state index in [1.54, 1.807) is 7.05 Å². The Morgan fingerprint density at radius 1 is 1.75 bits per heavy atom. The molecule has 0 fully saturated rings. The van der Waals surface area contributed by atoms with Gasteiger partial charge < -0.3 is 11.1 Å². The third-order valence-electron chi connectivity index (χ3n) is 0.269. The van der Waals surface area contributed by atoms with Crippen LogP contribution in [0.15, 0.2) is 0 Å². The van der Waals surface area contributed by atoms with E-state index in [0.29, 0.717) is 0 Å². The molecule has 8 heavy (non-hydrogen) atoms. The summed E-state index contributed by atoms with van der Waals surface area (Å²) in [4.78, 5) is 0. The molecule has 0 amide bonds. The van der Waals surface area contributed by atoms with Crippen molar-refractivity contribution in [2.24, 2.45) is 5.73 Å². The van der Waals surface area contributed by atoms with E-state index in [1.807, 2.05) is 0 Å². The van der Waals surface area contributed by atoms with E-state index in [2.05, 4.69) is 40.8 Å². The zero-order valence-electron chi connectivity index (χ0n) is 4.33. The summed E-state index contributed by atoms with van der Waals surface area (Å²) in [6.07, 6.45) is 0. The molecule has 0 aromatic rings. The Morgan fingerprint density at radius 3 is 1.88 bits per heavy atom. The molecule has 4 N–H and O–H groups in total. The minimum atomic E-state index is 0.00463. The molecule has 0 aromatic heterocycles. The monoisotopic (exact) mass is 535 g/mol. The van der Waals surface area contributed by atoms with Crippen molar-refractivity contribution in [3.05, 3.63) is 0 Å². The molecule has 0 spiro atoms. The van der Waals surface area contributed by atoms with Crippen molar-refractivity contribution in [2.75, 3.05) is 7.05 Å². The average molecular weight is 534 g/mol. The van der Waals surface area contributed by atoms with Crippen LogP contribution in [0, 0.1) is 5.41 Å². The zero-order valence-corrected chi connectivity index (χ0v) is 12.5. The van der Waals surface area contributed by atoms with Crippen LogP contribution < -0.4 is 11.1 Å². The van der Waals surface area contributed by atoms with E-state index >= 15 is 0 Å². The first-order valence-corrected chi connectivity index (χ1v) is 23.5. The van der Waals surface area contributed by atoms with E-state index in [1.165, 1.54) is 0 Å². The number of hydrogen-bond donors (Lipinski definition) is 3. The maximum atomic E-state index is 6.41. The molecule has 3 nitrogen and oxygen atoms in total. The fraction of sp³-hybridized carbons (Fsp3) is 0.500. The number of nitrogens with two attached hydrogens (primary N) is 1. The van der Waals surface area contributed by atoms with Gasteiger partial charge in [-0.2, -0.15) is 0 Å². The van der Waals surface area contributed by atoms with Gasteiger partial charge in [0.05, 0.1) is 0 Å². The second-order valence-corrected chi connectivity index (χ2v) is 28.9. The van der Waals surface area contributed by atoms with Crippen LogP contribution in [0.3, 0.4) is 0 Å². The number of guanidine groups is 1. The summed E-state index contributed by atoms with van der Waals surface area (Å²) < 4.78 is 0. The van der Waals surface area contributed by atoms with Gasteiger partial charge in [-0.05, 0) is 0 Å². The summed E-state index contributed by atoms with van der Waals surface area (Å²) in [5.41, 5.74) is 4.76. The summed E-state index contributed by atoms with van der Waals surface area (Å²) in [7, 11) is 1.60. The first-order valence-electron chi connectivity index (χ1n) is 1.67. The summed E-state index contributed by atoms with van der Waals surface area (Å²) in [5.74, 6) is 0.00463. The maximum absolute atomic E-state index is 6.41. The summed E-state index contributed by atoms with van der Waals surface area (Å²) in [6, 6.07) is 0. The minimum absolute atomic E-state index is 0.00463. The van der Waals surface area contributed by atoms with Crippen LogP contribution in [0.5, 0.6) is 0 Å².